The van der Waals surface area contributed by atoms with Gasteiger partial charge in [-0.1, -0.05) is 105 Å². The third-order valence-corrected chi connectivity index (χ3v) is 7.77. The van der Waals surface area contributed by atoms with E-state index < -0.39 is 0 Å². The Morgan fingerprint density at radius 1 is 0.488 bits per heavy atom. The Balaban J connectivity index is 0.00000840. The van der Waals surface area contributed by atoms with E-state index in [4.69, 9.17) is 9.98 Å². The van der Waals surface area contributed by atoms with E-state index in [2.05, 4.69) is 77.2 Å². The Hall–Kier alpha value is -1.73. The molecule has 2 nitrogen and oxygen atoms in total. The average Bonchev–Trinajstić information content (AvgIpc) is 2.95. The first-order valence-electron chi connectivity index (χ1n) is 17.0. The second-order valence-corrected chi connectivity index (χ2v) is 11.8. The summed E-state index contributed by atoms with van der Waals surface area (Å²) in [6, 6.07) is 14.2. The van der Waals surface area contributed by atoms with Crippen molar-refractivity contribution < 1.29 is 16.5 Å². The molecule has 0 saturated heterocycles. The van der Waals surface area contributed by atoms with Crippen LogP contribution in [-0.2, 0) is 42.2 Å². The summed E-state index contributed by atoms with van der Waals surface area (Å²) in [7, 11) is 0. The molecular weight excluding hydrogens is 543 g/mol. The van der Waals surface area contributed by atoms with Crippen molar-refractivity contribution in [3.63, 3.8) is 0 Å². The van der Waals surface area contributed by atoms with Gasteiger partial charge in [-0.05, 0) is 111 Å². The largest absolute Gasteiger partial charge is 0.255 e. The van der Waals surface area contributed by atoms with Crippen LogP contribution >= 0.6 is 0 Å². The van der Waals surface area contributed by atoms with Crippen molar-refractivity contribution in [1.29, 1.82) is 0 Å². The van der Waals surface area contributed by atoms with E-state index in [1.807, 2.05) is 0 Å². The Labute approximate surface area is 264 Å². The average molecular weight is 604 g/mol. The maximum Gasteiger partial charge on any atom is 0.0639 e. The number of benzene rings is 2. The molecule has 41 heavy (non-hydrogen) atoms. The zero-order chi connectivity index (χ0) is 28.8. The SMILES string of the molecule is CCCCCc1cc(CCCCC)cc(/N=C/C(CCCC)=N/c2cc(CCCCC)cc(CCCCC)c2)c1.[Ni]. The Morgan fingerprint density at radius 2 is 0.854 bits per heavy atom. The van der Waals surface area contributed by atoms with Gasteiger partial charge in [-0.3, -0.25) is 9.98 Å². The zero-order valence-corrected chi connectivity index (χ0v) is 28.2. The molecule has 3 heteroatoms. The van der Waals surface area contributed by atoms with E-state index in [9.17, 15) is 0 Å². The van der Waals surface area contributed by atoms with Gasteiger partial charge in [-0.25, -0.2) is 0 Å². The standard InChI is InChI=1S/C38H60N2.Ni/c1-6-11-16-20-32-25-33(21-17-12-7-2)28-37(27-32)39-31-36(24-15-10-5)40-38-29-34(22-18-13-8-3)26-35(30-38)23-19-14-9-4;/h25-31H,6-24H2,1-5H3;/b39-31+,40-36+;. The smallest absolute Gasteiger partial charge is 0.0639 e. The molecule has 0 aliphatic carbocycles. The van der Waals surface area contributed by atoms with Crippen molar-refractivity contribution in [3.05, 3.63) is 58.7 Å². The van der Waals surface area contributed by atoms with Crippen molar-refractivity contribution in [2.45, 2.75) is 157 Å². The molecule has 0 N–H and O–H groups in total. The van der Waals surface area contributed by atoms with Crippen LogP contribution in [0, 0.1) is 0 Å². The Kier molecular flexibility index (Phi) is 21.6. The second kappa shape index (κ2) is 23.8. The topological polar surface area (TPSA) is 24.7 Å². The molecule has 0 amide bonds. The van der Waals surface area contributed by atoms with E-state index >= 15 is 0 Å². The Bertz CT molecular complexity index is 951. The Morgan fingerprint density at radius 3 is 1.22 bits per heavy atom. The van der Waals surface area contributed by atoms with Crippen LogP contribution in [0.15, 0.2) is 46.4 Å². The molecular formula is C38H60N2Ni. The predicted molar refractivity (Wildman–Crippen MR) is 181 cm³/mol. The summed E-state index contributed by atoms with van der Waals surface area (Å²) >= 11 is 0. The minimum Gasteiger partial charge on any atom is -0.255 e. The normalized spacial score (nSPS) is 11.8. The molecule has 0 fully saturated rings. The summed E-state index contributed by atoms with van der Waals surface area (Å²) in [5.41, 5.74) is 9.10. The van der Waals surface area contributed by atoms with Gasteiger partial charge < -0.3 is 0 Å². The van der Waals surface area contributed by atoms with Gasteiger partial charge in [0.05, 0.1) is 17.1 Å². The van der Waals surface area contributed by atoms with Crippen LogP contribution in [-0.4, -0.2) is 11.9 Å². The van der Waals surface area contributed by atoms with Gasteiger partial charge in [-0.2, -0.15) is 0 Å². The van der Waals surface area contributed by atoms with Gasteiger partial charge in [0.1, 0.15) is 0 Å². The molecule has 0 saturated carbocycles. The van der Waals surface area contributed by atoms with Crippen molar-refractivity contribution in [1.82, 2.24) is 0 Å². The first kappa shape index (κ1) is 37.3. The summed E-state index contributed by atoms with van der Waals surface area (Å²) in [5.74, 6) is 0. The van der Waals surface area contributed by atoms with Gasteiger partial charge in [0, 0.05) is 22.7 Å². The van der Waals surface area contributed by atoms with Gasteiger partial charge in [-0.15, -0.1) is 0 Å². The molecule has 0 aliphatic rings. The second-order valence-electron chi connectivity index (χ2n) is 11.8. The molecule has 2 rings (SSSR count). The van der Waals surface area contributed by atoms with Gasteiger partial charge in [0.15, 0.2) is 0 Å². The molecule has 2 aromatic carbocycles. The fourth-order valence-electron chi connectivity index (χ4n) is 5.34. The van der Waals surface area contributed by atoms with Crippen LogP contribution in [0.3, 0.4) is 0 Å². The summed E-state index contributed by atoms with van der Waals surface area (Å²) in [6.07, 6.45) is 25.2. The van der Waals surface area contributed by atoms with E-state index in [0.717, 1.165) is 55.6 Å². The molecule has 0 atom stereocenters. The maximum atomic E-state index is 5.22. The van der Waals surface area contributed by atoms with Crippen LogP contribution in [0.25, 0.3) is 0 Å². The maximum absolute atomic E-state index is 5.22. The van der Waals surface area contributed by atoms with E-state index in [1.165, 1.54) is 106 Å². The van der Waals surface area contributed by atoms with Gasteiger partial charge >= 0.3 is 0 Å². The zero-order valence-electron chi connectivity index (χ0n) is 27.2. The third kappa shape index (κ3) is 16.5. The number of hydrogen-bond acceptors (Lipinski definition) is 2. The van der Waals surface area contributed by atoms with Crippen LogP contribution < -0.4 is 0 Å². The molecule has 0 radical (unpaired) electrons. The van der Waals surface area contributed by atoms with E-state index in [-0.39, 0.29) is 16.5 Å². The predicted octanol–water partition coefficient (Wildman–Crippen LogP) is 12.3. The summed E-state index contributed by atoms with van der Waals surface area (Å²) in [5, 5.41) is 0. The molecule has 0 heterocycles. The summed E-state index contributed by atoms with van der Waals surface area (Å²) < 4.78 is 0. The number of rotatable bonds is 22. The van der Waals surface area contributed by atoms with Crippen LogP contribution in [0.4, 0.5) is 11.4 Å². The van der Waals surface area contributed by atoms with Crippen molar-refractivity contribution >= 4 is 23.3 Å². The molecule has 0 aromatic heterocycles. The molecule has 0 spiro atoms. The van der Waals surface area contributed by atoms with Crippen LogP contribution in [0.5, 0.6) is 0 Å². The fraction of sp³-hybridized carbons (Fsp3) is 0.632. The first-order valence-corrected chi connectivity index (χ1v) is 17.0. The molecule has 0 unspecified atom stereocenters. The summed E-state index contributed by atoms with van der Waals surface area (Å²) in [4.78, 5) is 10.3. The number of hydrogen-bond donors (Lipinski definition) is 0. The van der Waals surface area contributed by atoms with Crippen LogP contribution in [0.1, 0.15) is 153 Å². The molecule has 0 aliphatic heterocycles. The monoisotopic (exact) mass is 602 g/mol. The van der Waals surface area contributed by atoms with E-state index in [0.29, 0.717) is 0 Å². The van der Waals surface area contributed by atoms with E-state index in [1.54, 1.807) is 0 Å². The number of unbranched alkanes of at least 4 members (excludes halogenated alkanes) is 9. The third-order valence-electron chi connectivity index (χ3n) is 7.77. The van der Waals surface area contributed by atoms with Crippen molar-refractivity contribution in [3.8, 4) is 0 Å². The van der Waals surface area contributed by atoms with Gasteiger partial charge in [0.25, 0.3) is 0 Å². The number of nitrogens with zero attached hydrogens (tertiary/aromatic N) is 2. The van der Waals surface area contributed by atoms with Crippen molar-refractivity contribution in [2.24, 2.45) is 9.98 Å². The number of aliphatic imine (C=N–C) groups is 2. The van der Waals surface area contributed by atoms with Crippen LogP contribution in [0.2, 0.25) is 0 Å². The molecule has 2 aromatic rings. The first-order chi connectivity index (χ1) is 19.6. The minimum atomic E-state index is 0. The molecule has 232 valence electrons. The van der Waals surface area contributed by atoms with Crippen molar-refractivity contribution in [2.75, 3.05) is 0 Å². The summed E-state index contributed by atoms with van der Waals surface area (Å²) in [6.45, 7) is 11.4. The minimum absolute atomic E-state index is 0. The van der Waals surface area contributed by atoms with Gasteiger partial charge in [0.2, 0.25) is 0 Å². The molecule has 0 bridgehead atoms. The number of aryl methyl sites for hydroxylation is 4. The fourth-order valence-corrected chi connectivity index (χ4v) is 5.34. The quantitative estimate of drug-likeness (QED) is 0.0727.